The molecule has 2 aromatic rings. The summed E-state index contributed by atoms with van der Waals surface area (Å²) in [4.78, 5) is 0. The molecule has 2 rings (SSSR count). The average Bonchev–Trinajstić information content (AvgIpc) is 2.56. The lowest BCUT2D eigenvalue weighted by Gasteiger charge is -2.18. The summed E-state index contributed by atoms with van der Waals surface area (Å²) in [5.41, 5.74) is 1.28. The lowest BCUT2D eigenvalue weighted by Crippen LogP contribution is -2.25. The minimum Gasteiger partial charge on any atom is -0.497 e. The van der Waals surface area contributed by atoms with Crippen molar-refractivity contribution in [2.45, 2.75) is 19.4 Å². The Kier molecular flexibility index (Phi) is 6.10. The summed E-state index contributed by atoms with van der Waals surface area (Å²) in [6.07, 6.45) is 1.04. The van der Waals surface area contributed by atoms with Crippen LogP contribution in [0.4, 0.5) is 0 Å². The normalized spacial score (nSPS) is 11.9. The van der Waals surface area contributed by atoms with Crippen LogP contribution in [0.1, 0.15) is 24.9 Å². The highest BCUT2D eigenvalue weighted by Gasteiger charge is 2.08. The second-order valence-corrected chi connectivity index (χ2v) is 4.85. The van der Waals surface area contributed by atoms with Crippen molar-refractivity contribution in [3.8, 4) is 11.5 Å². The van der Waals surface area contributed by atoms with Gasteiger partial charge in [0, 0.05) is 12.6 Å². The smallest absolute Gasteiger partial charge is 0.119 e. The van der Waals surface area contributed by atoms with Crippen LogP contribution in [-0.4, -0.2) is 20.3 Å². The van der Waals surface area contributed by atoms with Crippen LogP contribution in [0.5, 0.6) is 11.5 Å². The molecule has 0 aliphatic heterocycles. The minimum atomic E-state index is 0.343. The summed E-state index contributed by atoms with van der Waals surface area (Å²) in [7, 11) is 1.69. The molecule has 0 amide bonds. The van der Waals surface area contributed by atoms with E-state index in [0.29, 0.717) is 12.6 Å². The number of ether oxygens (including phenoxy) is 2. The molecule has 0 spiro atoms. The molecule has 0 aliphatic rings. The topological polar surface area (TPSA) is 30.5 Å². The zero-order valence-electron chi connectivity index (χ0n) is 12.7. The van der Waals surface area contributed by atoms with Gasteiger partial charge in [-0.1, -0.05) is 37.3 Å². The summed E-state index contributed by atoms with van der Waals surface area (Å²) in [6.45, 7) is 3.66. The fraction of sp³-hybridized carbons (Fsp3) is 0.333. The van der Waals surface area contributed by atoms with E-state index < -0.39 is 0 Å². The molecule has 2 aromatic carbocycles. The van der Waals surface area contributed by atoms with Crippen LogP contribution in [0.15, 0.2) is 54.6 Å². The van der Waals surface area contributed by atoms with Gasteiger partial charge < -0.3 is 14.8 Å². The summed E-state index contributed by atoms with van der Waals surface area (Å²) in [5, 5.41) is 3.53. The maximum atomic E-state index is 5.69. The van der Waals surface area contributed by atoms with Gasteiger partial charge in [0.1, 0.15) is 18.1 Å². The molecule has 0 radical (unpaired) electrons. The number of hydrogen-bond donors (Lipinski definition) is 1. The van der Waals surface area contributed by atoms with Gasteiger partial charge in [-0.15, -0.1) is 0 Å². The second kappa shape index (κ2) is 8.32. The Morgan fingerprint density at radius 2 is 1.67 bits per heavy atom. The SMILES string of the molecule is CCC(NCCOc1ccccc1)c1ccc(OC)cc1. The molecule has 21 heavy (non-hydrogen) atoms. The molecular formula is C18H23NO2. The first-order valence-corrected chi connectivity index (χ1v) is 7.38. The van der Waals surface area contributed by atoms with E-state index in [1.807, 2.05) is 42.5 Å². The van der Waals surface area contributed by atoms with E-state index in [-0.39, 0.29) is 0 Å². The predicted octanol–water partition coefficient (Wildman–Crippen LogP) is 3.81. The third-order valence-corrected chi connectivity index (χ3v) is 3.43. The Balaban J connectivity index is 1.79. The van der Waals surface area contributed by atoms with E-state index in [0.717, 1.165) is 24.5 Å². The van der Waals surface area contributed by atoms with Crippen molar-refractivity contribution in [3.05, 3.63) is 60.2 Å². The fourth-order valence-corrected chi connectivity index (χ4v) is 2.25. The summed E-state index contributed by atoms with van der Waals surface area (Å²) >= 11 is 0. The Bertz CT molecular complexity index is 511. The van der Waals surface area contributed by atoms with Gasteiger partial charge in [-0.25, -0.2) is 0 Å². The average molecular weight is 285 g/mol. The first kappa shape index (κ1) is 15.4. The monoisotopic (exact) mass is 285 g/mol. The quantitative estimate of drug-likeness (QED) is 0.748. The lowest BCUT2D eigenvalue weighted by molar-refractivity contribution is 0.304. The molecule has 3 heteroatoms. The summed E-state index contributed by atoms with van der Waals surface area (Å²) < 4.78 is 10.9. The van der Waals surface area contributed by atoms with Crippen molar-refractivity contribution in [2.24, 2.45) is 0 Å². The van der Waals surface area contributed by atoms with Crippen molar-refractivity contribution < 1.29 is 9.47 Å². The number of rotatable bonds is 8. The Morgan fingerprint density at radius 1 is 0.952 bits per heavy atom. The van der Waals surface area contributed by atoms with Gasteiger partial charge in [-0.3, -0.25) is 0 Å². The van der Waals surface area contributed by atoms with E-state index in [1.54, 1.807) is 7.11 Å². The second-order valence-electron chi connectivity index (χ2n) is 4.85. The number of methoxy groups -OCH3 is 1. The number of benzene rings is 2. The summed E-state index contributed by atoms with van der Waals surface area (Å²) in [5.74, 6) is 1.80. The molecule has 0 heterocycles. The lowest BCUT2D eigenvalue weighted by atomic mass is 10.0. The largest absolute Gasteiger partial charge is 0.497 e. The standard InChI is InChI=1S/C18H23NO2/c1-3-18(15-9-11-16(20-2)12-10-15)19-13-14-21-17-7-5-4-6-8-17/h4-12,18-19H,3,13-14H2,1-2H3. The molecule has 1 unspecified atom stereocenters. The highest BCUT2D eigenvalue weighted by Crippen LogP contribution is 2.19. The first-order valence-electron chi connectivity index (χ1n) is 7.38. The van der Waals surface area contributed by atoms with E-state index in [4.69, 9.17) is 9.47 Å². The molecule has 112 valence electrons. The van der Waals surface area contributed by atoms with Crippen LogP contribution in [0.3, 0.4) is 0 Å². The minimum absolute atomic E-state index is 0.343. The van der Waals surface area contributed by atoms with Gasteiger partial charge in [-0.05, 0) is 36.2 Å². The summed E-state index contributed by atoms with van der Waals surface area (Å²) in [6, 6.07) is 18.5. The number of nitrogens with one attached hydrogen (secondary N) is 1. The Labute approximate surface area is 126 Å². The van der Waals surface area contributed by atoms with E-state index in [9.17, 15) is 0 Å². The zero-order chi connectivity index (χ0) is 14.9. The molecule has 3 nitrogen and oxygen atoms in total. The number of hydrogen-bond acceptors (Lipinski definition) is 3. The fourth-order valence-electron chi connectivity index (χ4n) is 2.25. The zero-order valence-corrected chi connectivity index (χ0v) is 12.7. The van der Waals surface area contributed by atoms with Gasteiger partial charge in [0.2, 0.25) is 0 Å². The van der Waals surface area contributed by atoms with Crippen LogP contribution in [0, 0.1) is 0 Å². The molecule has 0 aromatic heterocycles. The maximum Gasteiger partial charge on any atom is 0.119 e. The van der Waals surface area contributed by atoms with E-state index in [1.165, 1.54) is 5.56 Å². The van der Waals surface area contributed by atoms with Crippen molar-refractivity contribution in [3.63, 3.8) is 0 Å². The van der Waals surface area contributed by atoms with Crippen LogP contribution in [0.25, 0.3) is 0 Å². The predicted molar refractivity (Wildman–Crippen MR) is 86.0 cm³/mol. The molecule has 1 N–H and O–H groups in total. The van der Waals surface area contributed by atoms with Crippen molar-refractivity contribution >= 4 is 0 Å². The Hall–Kier alpha value is -2.00. The van der Waals surface area contributed by atoms with Crippen LogP contribution < -0.4 is 14.8 Å². The van der Waals surface area contributed by atoms with Crippen molar-refractivity contribution in [2.75, 3.05) is 20.3 Å². The molecule has 0 saturated carbocycles. The highest BCUT2D eigenvalue weighted by molar-refractivity contribution is 5.29. The third kappa shape index (κ3) is 4.80. The van der Waals surface area contributed by atoms with Crippen LogP contribution >= 0.6 is 0 Å². The van der Waals surface area contributed by atoms with Crippen LogP contribution in [0.2, 0.25) is 0 Å². The molecule has 0 fully saturated rings. The van der Waals surface area contributed by atoms with Crippen LogP contribution in [-0.2, 0) is 0 Å². The van der Waals surface area contributed by atoms with E-state index in [2.05, 4.69) is 24.4 Å². The highest BCUT2D eigenvalue weighted by atomic mass is 16.5. The molecule has 1 atom stereocenters. The third-order valence-electron chi connectivity index (χ3n) is 3.43. The van der Waals surface area contributed by atoms with Gasteiger partial charge >= 0.3 is 0 Å². The van der Waals surface area contributed by atoms with Crippen molar-refractivity contribution in [1.82, 2.24) is 5.32 Å². The Morgan fingerprint density at radius 3 is 2.29 bits per heavy atom. The molecular weight excluding hydrogens is 262 g/mol. The van der Waals surface area contributed by atoms with Gasteiger partial charge in [0.05, 0.1) is 7.11 Å². The van der Waals surface area contributed by atoms with Gasteiger partial charge in [0.15, 0.2) is 0 Å². The molecule has 0 saturated heterocycles. The van der Waals surface area contributed by atoms with Gasteiger partial charge in [0.25, 0.3) is 0 Å². The molecule has 0 bridgehead atoms. The number of para-hydroxylation sites is 1. The molecule has 0 aliphatic carbocycles. The van der Waals surface area contributed by atoms with Crippen molar-refractivity contribution in [1.29, 1.82) is 0 Å². The van der Waals surface area contributed by atoms with Gasteiger partial charge in [-0.2, -0.15) is 0 Å². The maximum absolute atomic E-state index is 5.69. The first-order chi connectivity index (χ1) is 10.3. The van der Waals surface area contributed by atoms with E-state index >= 15 is 0 Å².